The first-order valence-corrected chi connectivity index (χ1v) is 7.09. The van der Waals surface area contributed by atoms with Gasteiger partial charge in [0.05, 0.1) is 20.0 Å². The first-order chi connectivity index (χ1) is 3.42. The molecule has 0 saturated heterocycles. The van der Waals surface area contributed by atoms with E-state index in [1.54, 1.807) is 26.7 Å². The van der Waals surface area contributed by atoms with Crippen LogP contribution in [0, 0.1) is 0 Å². The Kier molecular flexibility index (Phi) is 8.39. The van der Waals surface area contributed by atoms with Gasteiger partial charge in [0, 0.05) is 32.7 Å². The van der Waals surface area contributed by atoms with Crippen LogP contribution in [0.4, 0.5) is 0 Å². The summed E-state index contributed by atoms with van der Waals surface area (Å²) in [5.74, 6) is 0. The number of rotatable bonds is 2. The van der Waals surface area contributed by atoms with E-state index >= 15 is 0 Å². The first kappa shape index (κ1) is 13.5. The van der Waals surface area contributed by atoms with E-state index in [1.807, 2.05) is 0 Å². The smallest absolute Gasteiger partial charge is 0.268 e. The van der Waals surface area contributed by atoms with Crippen molar-refractivity contribution < 1.29 is 42.5 Å². The normalized spacial score (nSPS) is 13.9. The summed E-state index contributed by atoms with van der Waals surface area (Å²) < 4.78 is 0. The van der Waals surface area contributed by atoms with Crippen LogP contribution in [0.25, 0.3) is 0 Å². The standard InChI is InChI=1S/C3H12BO2P2.Y/c1-7(5)4-8(2,3)6;/h5-7H,1-3H3;/q+2;. The molecule has 0 aliphatic carbocycles. The van der Waals surface area contributed by atoms with Gasteiger partial charge >= 0.3 is 6.72 Å². The van der Waals surface area contributed by atoms with Gasteiger partial charge in [-0.15, -0.1) is 0 Å². The summed E-state index contributed by atoms with van der Waals surface area (Å²) in [6.45, 7) is 6.94. The molecular weight excluding hydrogens is 230 g/mol. The van der Waals surface area contributed by atoms with E-state index in [1.165, 1.54) is 0 Å². The molecule has 9 heavy (non-hydrogen) atoms. The monoisotopic (exact) mass is 242 g/mol. The molecule has 0 saturated carbocycles. The van der Waals surface area contributed by atoms with Crippen molar-refractivity contribution in [3.63, 3.8) is 0 Å². The summed E-state index contributed by atoms with van der Waals surface area (Å²) in [7, 11) is -3.12. The van der Waals surface area contributed by atoms with Crippen molar-refractivity contribution in [2.24, 2.45) is 0 Å². The van der Waals surface area contributed by atoms with Gasteiger partial charge in [0.2, 0.25) is 0 Å². The minimum atomic E-state index is -1.80. The Labute approximate surface area is 84.1 Å². The van der Waals surface area contributed by atoms with Gasteiger partial charge in [0.15, 0.2) is 0 Å². The predicted octanol–water partition coefficient (Wildman–Crippen LogP) is 0.454. The van der Waals surface area contributed by atoms with Gasteiger partial charge in [-0.1, -0.05) is 0 Å². The molecule has 0 rings (SSSR count). The van der Waals surface area contributed by atoms with Gasteiger partial charge < -0.3 is 0 Å². The Hall–Kier alpha value is 1.95. The SMILES string of the molecule is C[PH+](O)[B][P+](C)(C)O.[Y]. The maximum Gasteiger partial charge on any atom is 0.650 e. The van der Waals surface area contributed by atoms with Crippen LogP contribution in [0.1, 0.15) is 0 Å². The fourth-order valence-electron chi connectivity index (χ4n) is 0.457. The zero-order valence-corrected chi connectivity index (χ0v) is 10.7. The molecular formula is C3H12BO2P2Y+2. The van der Waals surface area contributed by atoms with E-state index in [2.05, 4.69) is 0 Å². The molecule has 2 N–H and O–H groups in total. The average molecular weight is 242 g/mol. The minimum Gasteiger partial charge on any atom is -0.268 e. The van der Waals surface area contributed by atoms with Crippen LogP contribution in [0.2, 0.25) is 0 Å². The molecule has 2 radical (unpaired) electrons. The second-order valence-corrected chi connectivity index (χ2v) is 7.52. The molecule has 1 unspecified atom stereocenters. The largest absolute Gasteiger partial charge is 0.650 e. The van der Waals surface area contributed by atoms with E-state index in [9.17, 15) is 0 Å². The van der Waals surface area contributed by atoms with Gasteiger partial charge in [0.1, 0.15) is 15.4 Å². The van der Waals surface area contributed by atoms with Crippen molar-refractivity contribution in [3.05, 3.63) is 0 Å². The fraction of sp³-hybridized carbons (Fsp3) is 1.00. The molecule has 0 aromatic carbocycles. The third kappa shape index (κ3) is 13.0. The van der Waals surface area contributed by atoms with Crippen molar-refractivity contribution in [2.45, 2.75) is 0 Å². The van der Waals surface area contributed by atoms with E-state index in [-0.39, 0.29) is 32.7 Å². The number of hydrogen-bond donors (Lipinski definition) is 2. The Morgan fingerprint density at radius 3 is 1.78 bits per heavy atom. The van der Waals surface area contributed by atoms with Crippen molar-refractivity contribution in [1.82, 2.24) is 0 Å². The fourth-order valence-corrected chi connectivity index (χ4v) is 4.12. The second-order valence-electron chi connectivity index (χ2n) is 2.25. The molecule has 6 heteroatoms. The van der Waals surface area contributed by atoms with Crippen LogP contribution in [0.15, 0.2) is 0 Å². The topological polar surface area (TPSA) is 40.5 Å². The molecule has 0 heterocycles. The van der Waals surface area contributed by atoms with Gasteiger partial charge in [0.25, 0.3) is 0 Å². The quantitative estimate of drug-likeness (QED) is 0.545. The summed E-state index contributed by atoms with van der Waals surface area (Å²) in [6.07, 6.45) is 0. The molecule has 0 aliphatic rings. The molecule has 0 amide bonds. The molecule has 0 aromatic heterocycles. The molecule has 0 aromatic rings. The van der Waals surface area contributed by atoms with Crippen molar-refractivity contribution in [1.29, 1.82) is 0 Å². The molecule has 0 spiro atoms. The van der Waals surface area contributed by atoms with Gasteiger partial charge in [-0.25, -0.2) is 0 Å². The maximum atomic E-state index is 9.11. The zero-order chi connectivity index (χ0) is 6.78. The molecule has 1 atom stereocenters. The Morgan fingerprint density at radius 1 is 1.44 bits per heavy atom. The Bertz CT molecular complexity index is 74.7. The van der Waals surface area contributed by atoms with E-state index in [0.717, 1.165) is 0 Å². The van der Waals surface area contributed by atoms with Crippen LogP contribution in [0.5, 0.6) is 0 Å². The van der Waals surface area contributed by atoms with Crippen LogP contribution < -0.4 is 0 Å². The summed E-state index contributed by atoms with van der Waals surface area (Å²) in [6, 6.07) is 0. The minimum absolute atomic E-state index is 0. The summed E-state index contributed by atoms with van der Waals surface area (Å²) in [4.78, 5) is 17.9. The first-order valence-electron chi connectivity index (χ1n) is 2.36. The van der Waals surface area contributed by atoms with Crippen LogP contribution >= 0.6 is 15.4 Å². The van der Waals surface area contributed by atoms with Crippen molar-refractivity contribution in [3.8, 4) is 0 Å². The molecule has 0 bridgehead atoms. The third-order valence-electron chi connectivity index (χ3n) is 0.503. The molecule has 2 nitrogen and oxygen atoms in total. The third-order valence-corrected chi connectivity index (χ3v) is 4.52. The van der Waals surface area contributed by atoms with Gasteiger partial charge in [-0.05, 0) is 0 Å². The maximum absolute atomic E-state index is 9.11. The van der Waals surface area contributed by atoms with Gasteiger partial charge in [-0.2, -0.15) is 0 Å². The molecule has 50 valence electrons. The second kappa shape index (κ2) is 5.58. The van der Waals surface area contributed by atoms with Gasteiger partial charge in [-0.3, -0.25) is 9.79 Å². The Morgan fingerprint density at radius 2 is 1.78 bits per heavy atom. The average Bonchev–Trinajstić information content (AvgIpc) is 1.21. The van der Waals surface area contributed by atoms with E-state index in [4.69, 9.17) is 9.79 Å². The van der Waals surface area contributed by atoms with Crippen molar-refractivity contribution in [2.75, 3.05) is 20.0 Å². The Balaban J connectivity index is 0. The molecule has 0 fully saturated rings. The van der Waals surface area contributed by atoms with Crippen LogP contribution in [-0.2, 0) is 32.7 Å². The van der Waals surface area contributed by atoms with Crippen LogP contribution in [-0.4, -0.2) is 36.5 Å². The summed E-state index contributed by atoms with van der Waals surface area (Å²) >= 11 is 0. The van der Waals surface area contributed by atoms with Crippen LogP contribution in [0.3, 0.4) is 0 Å². The number of hydrogen-bond acceptors (Lipinski definition) is 2. The van der Waals surface area contributed by atoms with E-state index < -0.39 is 15.4 Å². The summed E-state index contributed by atoms with van der Waals surface area (Å²) in [5, 5.41) is 0. The zero-order valence-electron chi connectivity index (χ0n) is 6.00. The van der Waals surface area contributed by atoms with Crippen molar-refractivity contribution >= 4 is 22.1 Å². The molecule has 0 aliphatic heterocycles. The summed E-state index contributed by atoms with van der Waals surface area (Å²) in [5.41, 5.74) is 0. The predicted molar refractivity (Wildman–Crippen MR) is 43.2 cm³/mol. The van der Waals surface area contributed by atoms with E-state index in [0.29, 0.717) is 0 Å².